The number of nitrogens with two attached hydrogens (primary N) is 1. The fraction of sp³-hybridized carbons (Fsp3) is 0.417. The van der Waals surface area contributed by atoms with Gasteiger partial charge in [0, 0.05) is 41.0 Å². The standard InChI is InChI=1S/C12H16N2O3S3/c13-12(18)11-3-1-10(2-4-11)9-20(16,17)14-5-7-19(15)8-6-14/h1-4H,5-9H2,(H2,13,18). The van der Waals surface area contributed by atoms with E-state index < -0.39 is 20.8 Å². The number of sulfonamides is 1. The molecule has 5 nitrogen and oxygen atoms in total. The smallest absolute Gasteiger partial charge is 0.218 e. The van der Waals surface area contributed by atoms with Crippen LogP contribution in [0.2, 0.25) is 0 Å². The Bertz CT molecular complexity index is 616. The molecule has 1 fully saturated rings. The van der Waals surface area contributed by atoms with Crippen LogP contribution in [0.5, 0.6) is 0 Å². The molecule has 20 heavy (non-hydrogen) atoms. The van der Waals surface area contributed by atoms with E-state index in [0.717, 1.165) is 5.56 Å². The molecular weight excluding hydrogens is 316 g/mol. The summed E-state index contributed by atoms with van der Waals surface area (Å²) in [5.74, 6) is 0.774. The average Bonchev–Trinajstić information content (AvgIpc) is 2.39. The van der Waals surface area contributed by atoms with Gasteiger partial charge in [0.25, 0.3) is 0 Å². The van der Waals surface area contributed by atoms with E-state index >= 15 is 0 Å². The first kappa shape index (κ1) is 15.6. The maximum atomic E-state index is 12.3. The zero-order valence-electron chi connectivity index (χ0n) is 10.8. The average molecular weight is 332 g/mol. The van der Waals surface area contributed by atoms with Gasteiger partial charge in [0.1, 0.15) is 4.99 Å². The molecule has 2 rings (SSSR count). The van der Waals surface area contributed by atoms with Gasteiger partial charge in [-0.15, -0.1) is 0 Å². The van der Waals surface area contributed by atoms with Gasteiger partial charge in [-0.2, -0.15) is 4.31 Å². The van der Waals surface area contributed by atoms with Crippen molar-refractivity contribution in [2.45, 2.75) is 5.75 Å². The molecular formula is C12H16N2O3S3. The third-order valence-electron chi connectivity index (χ3n) is 3.12. The number of hydrogen-bond acceptors (Lipinski definition) is 4. The van der Waals surface area contributed by atoms with Crippen molar-refractivity contribution in [3.05, 3.63) is 35.4 Å². The Morgan fingerprint density at radius 3 is 2.30 bits per heavy atom. The van der Waals surface area contributed by atoms with Gasteiger partial charge < -0.3 is 5.73 Å². The second-order valence-corrected chi connectivity index (χ2v) is 8.67. The molecule has 1 saturated heterocycles. The summed E-state index contributed by atoms with van der Waals surface area (Å²) >= 11 is 4.85. The first-order valence-electron chi connectivity index (χ1n) is 6.10. The van der Waals surface area contributed by atoms with Crippen LogP contribution in [0.3, 0.4) is 0 Å². The molecule has 0 unspecified atom stereocenters. The maximum absolute atomic E-state index is 12.3. The Morgan fingerprint density at radius 1 is 1.25 bits per heavy atom. The van der Waals surface area contributed by atoms with Crippen molar-refractivity contribution >= 4 is 38.0 Å². The fourth-order valence-electron chi connectivity index (χ4n) is 1.97. The van der Waals surface area contributed by atoms with Crippen molar-refractivity contribution in [3.8, 4) is 0 Å². The second-order valence-electron chi connectivity index (χ2n) is 4.56. The lowest BCUT2D eigenvalue weighted by atomic mass is 10.1. The van der Waals surface area contributed by atoms with E-state index in [2.05, 4.69) is 0 Å². The van der Waals surface area contributed by atoms with E-state index in [1.54, 1.807) is 24.3 Å². The Balaban J connectivity index is 2.08. The van der Waals surface area contributed by atoms with Crippen molar-refractivity contribution in [2.75, 3.05) is 24.6 Å². The first-order valence-corrected chi connectivity index (χ1v) is 9.60. The molecule has 0 amide bonds. The van der Waals surface area contributed by atoms with Crippen molar-refractivity contribution in [3.63, 3.8) is 0 Å². The number of benzene rings is 1. The van der Waals surface area contributed by atoms with Crippen molar-refractivity contribution in [1.82, 2.24) is 4.31 Å². The van der Waals surface area contributed by atoms with Crippen LogP contribution < -0.4 is 5.73 Å². The lowest BCUT2D eigenvalue weighted by molar-refractivity contribution is 0.438. The fourth-order valence-corrected chi connectivity index (χ4v) is 4.92. The van der Waals surface area contributed by atoms with Gasteiger partial charge in [0.15, 0.2) is 0 Å². The van der Waals surface area contributed by atoms with Gasteiger partial charge in [-0.1, -0.05) is 36.5 Å². The highest BCUT2D eigenvalue weighted by Gasteiger charge is 2.26. The molecule has 1 heterocycles. The quantitative estimate of drug-likeness (QED) is 0.798. The largest absolute Gasteiger partial charge is 0.389 e. The summed E-state index contributed by atoms with van der Waals surface area (Å²) in [6.07, 6.45) is 0. The van der Waals surface area contributed by atoms with Crippen LogP contribution >= 0.6 is 12.2 Å². The molecule has 0 atom stereocenters. The molecule has 0 spiro atoms. The predicted octanol–water partition coefficient (Wildman–Crippen LogP) is 0.215. The predicted molar refractivity (Wildman–Crippen MR) is 84.4 cm³/mol. The molecule has 0 aliphatic carbocycles. The van der Waals surface area contributed by atoms with Gasteiger partial charge in [-0.3, -0.25) is 4.21 Å². The zero-order chi connectivity index (χ0) is 14.8. The molecule has 1 aliphatic rings. The minimum absolute atomic E-state index is 0.0583. The lowest BCUT2D eigenvalue weighted by Crippen LogP contribution is -2.42. The molecule has 0 bridgehead atoms. The Hall–Kier alpha value is -0.830. The lowest BCUT2D eigenvalue weighted by Gasteiger charge is -2.25. The van der Waals surface area contributed by atoms with Crippen LogP contribution in [0.15, 0.2) is 24.3 Å². The monoisotopic (exact) mass is 332 g/mol. The van der Waals surface area contributed by atoms with Crippen LogP contribution in [-0.4, -0.2) is 46.5 Å². The van der Waals surface area contributed by atoms with E-state index in [4.69, 9.17) is 18.0 Å². The molecule has 0 saturated carbocycles. The summed E-state index contributed by atoms with van der Waals surface area (Å²) in [7, 11) is -4.24. The minimum Gasteiger partial charge on any atom is -0.389 e. The highest BCUT2D eigenvalue weighted by atomic mass is 32.2. The molecule has 0 aromatic heterocycles. The Labute approximate surface area is 126 Å². The summed E-state index contributed by atoms with van der Waals surface area (Å²) in [5.41, 5.74) is 6.91. The van der Waals surface area contributed by atoms with E-state index in [-0.39, 0.29) is 10.7 Å². The Morgan fingerprint density at radius 2 is 1.80 bits per heavy atom. The third-order valence-corrected chi connectivity index (χ3v) is 6.48. The van der Waals surface area contributed by atoms with Crippen LogP contribution in [0, 0.1) is 0 Å². The molecule has 8 heteroatoms. The minimum atomic E-state index is -3.36. The summed E-state index contributed by atoms with van der Waals surface area (Å²) < 4.78 is 37.2. The summed E-state index contributed by atoms with van der Waals surface area (Å²) in [5, 5.41) is 0. The number of thiocarbonyl (C=S) groups is 1. The normalized spacial score (nSPS) is 18.0. The summed E-state index contributed by atoms with van der Waals surface area (Å²) in [4.78, 5) is 0.290. The molecule has 110 valence electrons. The van der Waals surface area contributed by atoms with Gasteiger partial charge >= 0.3 is 0 Å². The molecule has 0 radical (unpaired) electrons. The molecule has 1 aromatic rings. The highest BCUT2D eigenvalue weighted by Crippen LogP contribution is 2.14. The molecule has 1 aliphatic heterocycles. The van der Waals surface area contributed by atoms with E-state index in [0.29, 0.717) is 30.2 Å². The van der Waals surface area contributed by atoms with Gasteiger partial charge in [0.05, 0.1) is 5.75 Å². The SMILES string of the molecule is NC(=S)c1ccc(CS(=O)(=O)N2CCS(=O)CC2)cc1. The van der Waals surface area contributed by atoms with E-state index in [1.807, 2.05) is 0 Å². The zero-order valence-corrected chi connectivity index (χ0v) is 13.3. The van der Waals surface area contributed by atoms with Crippen LogP contribution in [0.4, 0.5) is 0 Å². The number of nitrogens with zero attached hydrogens (tertiary/aromatic N) is 1. The van der Waals surface area contributed by atoms with Crippen LogP contribution in [0.25, 0.3) is 0 Å². The van der Waals surface area contributed by atoms with Gasteiger partial charge in [-0.05, 0) is 5.56 Å². The first-order chi connectivity index (χ1) is 9.38. The van der Waals surface area contributed by atoms with Crippen LogP contribution in [0.1, 0.15) is 11.1 Å². The van der Waals surface area contributed by atoms with Crippen molar-refractivity contribution in [2.24, 2.45) is 5.73 Å². The topological polar surface area (TPSA) is 80.5 Å². The number of hydrogen-bond donors (Lipinski definition) is 1. The third kappa shape index (κ3) is 3.85. The van der Waals surface area contributed by atoms with Crippen LogP contribution in [-0.2, 0) is 26.6 Å². The number of rotatable bonds is 4. The summed E-state index contributed by atoms with van der Waals surface area (Å²) in [6, 6.07) is 6.87. The van der Waals surface area contributed by atoms with Gasteiger partial charge in [0.2, 0.25) is 10.0 Å². The molecule has 1 aromatic carbocycles. The van der Waals surface area contributed by atoms with Gasteiger partial charge in [-0.25, -0.2) is 8.42 Å². The Kier molecular flexibility index (Phi) is 4.90. The highest BCUT2D eigenvalue weighted by molar-refractivity contribution is 7.88. The summed E-state index contributed by atoms with van der Waals surface area (Å²) in [6.45, 7) is 0.666. The second kappa shape index (κ2) is 6.30. The van der Waals surface area contributed by atoms with E-state index in [9.17, 15) is 12.6 Å². The maximum Gasteiger partial charge on any atom is 0.218 e. The van der Waals surface area contributed by atoms with Crippen molar-refractivity contribution in [1.29, 1.82) is 0 Å². The van der Waals surface area contributed by atoms with E-state index in [1.165, 1.54) is 4.31 Å². The molecule has 2 N–H and O–H groups in total. The van der Waals surface area contributed by atoms with Crippen molar-refractivity contribution < 1.29 is 12.6 Å².